The maximum Gasteiger partial charge on any atom is 0.0598 e. The summed E-state index contributed by atoms with van der Waals surface area (Å²) in [5.41, 5.74) is 18.8. The van der Waals surface area contributed by atoms with Gasteiger partial charge >= 0.3 is 0 Å². The summed E-state index contributed by atoms with van der Waals surface area (Å²) in [6.07, 6.45) is 10.1. The summed E-state index contributed by atoms with van der Waals surface area (Å²) in [6.45, 7) is 7.06. The Morgan fingerprint density at radius 1 is 0.564 bits per heavy atom. The molecule has 1 heterocycles. The lowest BCUT2D eigenvalue weighted by molar-refractivity contribution is 0.610. The number of thiophene rings is 1. The van der Waals surface area contributed by atoms with Crippen LogP contribution in [0.15, 0.2) is 170 Å². The molecular weight excluding hydrogens is 683 g/mol. The number of rotatable bonds is 5. The van der Waals surface area contributed by atoms with Crippen molar-refractivity contribution in [3.63, 3.8) is 0 Å². The Kier molecular flexibility index (Phi) is 7.25. The molecule has 11 rings (SSSR count). The van der Waals surface area contributed by atoms with E-state index in [-0.39, 0.29) is 11.5 Å². The first kappa shape index (κ1) is 32.5. The van der Waals surface area contributed by atoms with E-state index in [2.05, 4.69) is 196 Å². The van der Waals surface area contributed by atoms with Gasteiger partial charge in [-0.25, -0.2) is 0 Å². The number of fused-ring (bicyclic) bond motifs is 9. The Morgan fingerprint density at radius 3 is 2.15 bits per heavy atom. The molecule has 0 N–H and O–H groups in total. The predicted molar refractivity (Wildman–Crippen MR) is 236 cm³/mol. The first-order chi connectivity index (χ1) is 26.9. The summed E-state index contributed by atoms with van der Waals surface area (Å²) in [5, 5.41) is 2.65. The lowest BCUT2D eigenvalue weighted by atomic mass is 9.81. The highest BCUT2D eigenvalue weighted by Crippen LogP contribution is 2.50. The molecule has 0 amide bonds. The second-order valence-electron chi connectivity index (χ2n) is 16.1. The van der Waals surface area contributed by atoms with E-state index < -0.39 is 0 Å². The quantitative estimate of drug-likeness (QED) is 0.171. The molecule has 0 radical (unpaired) electrons. The predicted octanol–water partition coefficient (Wildman–Crippen LogP) is 14.5. The summed E-state index contributed by atoms with van der Waals surface area (Å²) in [5.74, 6) is 0.353. The van der Waals surface area contributed by atoms with E-state index in [0.29, 0.717) is 5.92 Å². The molecule has 1 nitrogen and oxygen atoms in total. The van der Waals surface area contributed by atoms with Gasteiger partial charge in [-0.05, 0) is 115 Å². The molecule has 2 heteroatoms. The van der Waals surface area contributed by atoms with Crippen LogP contribution in [0.25, 0.3) is 64.7 Å². The van der Waals surface area contributed by atoms with Crippen LogP contribution in [-0.4, -0.2) is 6.04 Å². The number of benzene rings is 7. The van der Waals surface area contributed by atoms with Gasteiger partial charge in [-0.2, -0.15) is 0 Å². The van der Waals surface area contributed by atoms with Gasteiger partial charge in [0.05, 0.1) is 16.4 Å². The molecule has 55 heavy (non-hydrogen) atoms. The summed E-state index contributed by atoms with van der Waals surface area (Å²) < 4.78 is 2.66. The molecular formula is C53H41NS. The molecule has 0 aliphatic heterocycles. The molecule has 7 aromatic carbocycles. The average molecular weight is 724 g/mol. The molecule has 0 fully saturated rings. The standard InChI is InChI=1S/C53H41NS/c1-33-12-4-9-20-49(33)54(38-26-22-34(23-27-38)35-24-28-43-42-15-7-8-19-47(42)53(2,3)48(43)32-35)50-21-11-18-44-46-31-37(25-29-51(46)55-52(44)50)40-16-10-17-41-39-14-6-5-13-36(39)30-45(40)41/h4-29,31-33,49H,30H2,1-3H3. The molecule has 2 unspecified atom stereocenters. The normalized spacial score (nSPS) is 17.3. The van der Waals surface area contributed by atoms with Crippen molar-refractivity contribution in [2.75, 3.05) is 4.90 Å². The highest BCUT2D eigenvalue weighted by Gasteiger charge is 2.35. The zero-order valence-electron chi connectivity index (χ0n) is 31.4. The summed E-state index contributed by atoms with van der Waals surface area (Å²) in [6, 6.07) is 55.2. The Balaban J connectivity index is 0.997. The highest BCUT2D eigenvalue weighted by atomic mass is 32.1. The Morgan fingerprint density at radius 2 is 1.27 bits per heavy atom. The monoisotopic (exact) mass is 723 g/mol. The topological polar surface area (TPSA) is 3.24 Å². The fourth-order valence-electron chi connectivity index (χ4n) is 9.77. The molecule has 0 spiro atoms. The molecule has 1 aromatic heterocycles. The SMILES string of the molecule is CC1C=CC=CC1N(c1ccc(-c2ccc3c(c2)C(C)(C)c2ccccc2-3)cc1)c1cccc2c1sc1ccc(-c3cccc4c3Cc3ccccc3-4)cc12. The Hall–Kier alpha value is -5.96. The first-order valence-corrected chi connectivity index (χ1v) is 20.4. The van der Waals surface area contributed by atoms with Gasteiger partial charge in [0, 0.05) is 26.6 Å². The van der Waals surface area contributed by atoms with Gasteiger partial charge in [0.2, 0.25) is 0 Å². The summed E-state index contributed by atoms with van der Waals surface area (Å²) >= 11 is 1.92. The molecule has 8 aromatic rings. The van der Waals surface area contributed by atoms with Crippen molar-refractivity contribution in [3.05, 3.63) is 192 Å². The smallest absolute Gasteiger partial charge is 0.0598 e. The molecule has 264 valence electrons. The lowest BCUT2D eigenvalue weighted by Crippen LogP contribution is -2.35. The molecule has 0 saturated heterocycles. The minimum Gasteiger partial charge on any atom is -0.333 e. The van der Waals surface area contributed by atoms with Gasteiger partial charge in [0.25, 0.3) is 0 Å². The minimum absolute atomic E-state index is 0.0215. The lowest BCUT2D eigenvalue weighted by Gasteiger charge is -2.36. The molecule has 2 atom stereocenters. The molecule has 3 aliphatic rings. The minimum atomic E-state index is -0.0215. The van der Waals surface area contributed by atoms with Gasteiger partial charge in [-0.3, -0.25) is 0 Å². The van der Waals surface area contributed by atoms with Crippen LogP contribution in [0.4, 0.5) is 11.4 Å². The zero-order chi connectivity index (χ0) is 36.8. The van der Waals surface area contributed by atoms with Crippen molar-refractivity contribution in [2.24, 2.45) is 5.92 Å². The third-order valence-electron chi connectivity index (χ3n) is 12.6. The molecule has 0 saturated carbocycles. The van der Waals surface area contributed by atoms with Crippen LogP contribution in [-0.2, 0) is 11.8 Å². The molecule has 0 bridgehead atoms. The van der Waals surface area contributed by atoms with E-state index in [9.17, 15) is 0 Å². The fraction of sp³-hybridized carbons (Fsp3) is 0.132. The van der Waals surface area contributed by atoms with Crippen LogP contribution >= 0.6 is 11.3 Å². The fourth-order valence-corrected chi connectivity index (χ4v) is 11.0. The van der Waals surface area contributed by atoms with Crippen molar-refractivity contribution in [1.82, 2.24) is 0 Å². The van der Waals surface area contributed by atoms with Gasteiger partial charge in [-0.15, -0.1) is 11.3 Å². The van der Waals surface area contributed by atoms with Crippen molar-refractivity contribution in [2.45, 2.75) is 38.6 Å². The summed E-state index contributed by atoms with van der Waals surface area (Å²) in [7, 11) is 0. The maximum absolute atomic E-state index is 2.58. The number of allylic oxidation sites excluding steroid dienone is 2. The van der Waals surface area contributed by atoms with E-state index in [1.54, 1.807) is 0 Å². The van der Waals surface area contributed by atoms with E-state index in [1.807, 2.05) is 11.3 Å². The van der Waals surface area contributed by atoms with Crippen molar-refractivity contribution in [3.8, 4) is 44.5 Å². The number of anilines is 2. The van der Waals surface area contributed by atoms with E-state index >= 15 is 0 Å². The maximum atomic E-state index is 2.58. The number of hydrogen-bond donors (Lipinski definition) is 0. The number of hydrogen-bond acceptors (Lipinski definition) is 2. The van der Waals surface area contributed by atoms with Crippen LogP contribution in [0.5, 0.6) is 0 Å². The molecule has 3 aliphatic carbocycles. The summed E-state index contributed by atoms with van der Waals surface area (Å²) in [4.78, 5) is 2.58. The Bertz CT molecular complexity index is 2900. The average Bonchev–Trinajstić information content (AvgIpc) is 3.87. The first-order valence-electron chi connectivity index (χ1n) is 19.6. The van der Waals surface area contributed by atoms with Gasteiger partial charge in [-0.1, -0.05) is 154 Å². The van der Waals surface area contributed by atoms with Crippen LogP contribution in [0.1, 0.15) is 43.0 Å². The van der Waals surface area contributed by atoms with Gasteiger partial charge in [0.15, 0.2) is 0 Å². The second kappa shape index (κ2) is 12.3. The van der Waals surface area contributed by atoms with Gasteiger partial charge in [0.1, 0.15) is 0 Å². The zero-order valence-corrected chi connectivity index (χ0v) is 32.2. The Labute approximate surface area is 327 Å². The highest BCUT2D eigenvalue weighted by molar-refractivity contribution is 7.26. The van der Waals surface area contributed by atoms with Crippen LogP contribution < -0.4 is 4.90 Å². The third-order valence-corrected chi connectivity index (χ3v) is 13.8. The van der Waals surface area contributed by atoms with Crippen LogP contribution in [0, 0.1) is 5.92 Å². The van der Waals surface area contributed by atoms with Crippen molar-refractivity contribution in [1.29, 1.82) is 0 Å². The largest absolute Gasteiger partial charge is 0.333 e. The van der Waals surface area contributed by atoms with Crippen molar-refractivity contribution >= 4 is 42.9 Å². The van der Waals surface area contributed by atoms with E-state index in [4.69, 9.17) is 0 Å². The van der Waals surface area contributed by atoms with Crippen molar-refractivity contribution < 1.29 is 0 Å². The second-order valence-corrected chi connectivity index (χ2v) is 17.2. The third kappa shape index (κ3) is 4.98. The van der Waals surface area contributed by atoms with E-state index in [0.717, 1.165) is 6.42 Å². The van der Waals surface area contributed by atoms with E-state index in [1.165, 1.54) is 98.3 Å². The van der Waals surface area contributed by atoms with Crippen LogP contribution in [0.3, 0.4) is 0 Å². The van der Waals surface area contributed by atoms with Crippen LogP contribution in [0.2, 0.25) is 0 Å². The number of nitrogens with zero attached hydrogens (tertiary/aromatic N) is 1. The van der Waals surface area contributed by atoms with Gasteiger partial charge < -0.3 is 4.90 Å².